The number of nitrogens with zero attached hydrogens (tertiary/aromatic N) is 3. The van der Waals surface area contributed by atoms with Crippen LogP contribution in [0.4, 0.5) is 28.9 Å². The number of alkyl halides is 3. The Morgan fingerprint density at radius 1 is 1.02 bits per heavy atom. The van der Waals surface area contributed by atoms with E-state index in [-0.39, 0.29) is 43.0 Å². The van der Waals surface area contributed by atoms with Crippen molar-refractivity contribution in [1.82, 2.24) is 10.1 Å². The molecule has 8 nitrogen and oxygen atoms in total. The van der Waals surface area contributed by atoms with E-state index in [9.17, 15) is 30.8 Å². The van der Waals surface area contributed by atoms with Gasteiger partial charge in [-0.25, -0.2) is 12.8 Å². The van der Waals surface area contributed by atoms with E-state index in [2.05, 4.69) is 15.5 Å². The number of hydrogen-bond donors (Lipinski definition) is 1. The predicted octanol–water partition coefficient (Wildman–Crippen LogP) is 7.72. The lowest BCUT2D eigenvalue weighted by molar-refractivity contribution is -0.122. The monoisotopic (exact) mass is 704 g/mol. The second-order valence-electron chi connectivity index (χ2n) is 10.4. The van der Waals surface area contributed by atoms with Crippen molar-refractivity contribution in [2.75, 3.05) is 29.1 Å². The molecule has 1 aliphatic carbocycles. The van der Waals surface area contributed by atoms with Gasteiger partial charge >= 0.3 is 6.18 Å². The molecule has 1 aromatic heterocycles. The minimum atomic E-state index is -4.65. The standard InChI is InChI=1S/C29H23Cl3F4N4O4S/c1-2-45(42,43)19-6-4-18(5-7-19)40(15-29(34,35)36)14-24(41)37-17-12-21(31)25(22(32)13-17)28(9-10-28)27-38-26(44-39-27)16-3-8-23(33)20(30)11-16/h3-8,11-13H,2,9-10,14-15H2,1H3,(H,37,41). The first-order valence-corrected chi connectivity index (χ1v) is 16.1. The van der Waals surface area contributed by atoms with E-state index < -0.39 is 46.2 Å². The van der Waals surface area contributed by atoms with Gasteiger partial charge in [-0.15, -0.1) is 0 Å². The molecule has 1 saturated carbocycles. The van der Waals surface area contributed by atoms with Crippen molar-refractivity contribution in [2.45, 2.75) is 36.3 Å². The fourth-order valence-electron chi connectivity index (χ4n) is 4.84. The fraction of sp³-hybridized carbons (Fsp3) is 0.276. The molecule has 5 rings (SSSR count). The molecule has 45 heavy (non-hydrogen) atoms. The van der Waals surface area contributed by atoms with Gasteiger partial charge in [0.25, 0.3) is 5.89 Å². The number of hydrogen-bond acceptors (Lipinski definition) is 7. The van der Waals surface area contributed by atoms with Gasteiger partial charge in [-0.05, 0) is 67.4 Å². The van der Waals surface area contributed by atoms with Gasteiger partial charge in [0.1, 0.15) is 12.4 Å². The highest BCUT2D eigenvalue weighted by Crippen LogP contribution is 2.57. The van der Waals surface area contributed by atoms with Crippen LogP contribution in [0.3, 0.4) is 0 Å². The quantitative estimate of drug-likeness (QED) is 0.169. The molecule has 1 N–H and O–H groups in total. The van der Waals surface area contributed by atoms with Crippen molar-refractivity contribution < 1.29 is 35.3 Å². The maximum atomic E-state index is 13.6. The van der Waals surface area contributed by atoms with Crippen LogP contribution in [0, 0.1) is 5.82 Å². The number of amides is 1. The highest BCUT2D eigenvalue weighted by molar-refractivity contribution is 7.91. The maximum Gasteiger partial charge on any atom is 0.405 e. The number of carbonyl (C=O) groups is 1. The van der Waals surface area contributed by atoms with Crippen LogP contribution in [0.15, 0.2) is 64.0 Å². The lowest BCUT2D eigenvalue weighted by Gasteiger charge is -2.26. The number of benzene rings is 3. The van der Waals surface area contributed by atoms with E-state index in [0.29, 0.717) is 29.8 Å². The molecule has 1 aliphatic rings. The molecular formula is C29H23Cl3F4N4O4S. The zero-order valence-corrected chi connectivity index (χ0v) is 26.3. The van der Waals surface area contributed by atoms with E-state index in [1.807, 2.05) is 0 Å². The second kappa shape index (κ2) is 12.4. The Hall–Kier alpha value is -3.39. The molecule has 0 bridgehead atoms. The van der Waals surface area contributed by atoms with Gasteiger partial charge in [0.05, 0.1) is 27.6 Å². The normalized spacial score (nSPS) is 14.3. The molecule has 238 valence electrons. The van der Waals surface area contributed by atoms with Crippen LogP contribution in [-0.2, 0) is 20.0 Å². The van der Waals surface area contributed by atoms with Crippen LogP contribution in [0.25, 0.3) is 11.5 Å². The van der Waals surface area contributed by atoms with Crippen molar-refractivity contribution >= 4 is 61.9 Å². The van der Waals surface area contributed by atoms with Gasteiger partial charge in [0.15, 0.2) is 15.7 Å². The number of rotatable bonds is 10. The third kappa shape index (κ3) is 7.21. The highest BCUT2D eigenvalue weighted by Gasteiger charge is 2.52. The molecule has 1 amide bonds. The lowest BCUT2D eigenvalue weighted by atomic mass is 9.94. The predicted molar refractivity (Wildman–Crippen MR) is 162 cm³/mol. The molecular weight excluding hydrogens is 683 g/mol. The molecule has 1 fully saturated rings. The van der Waals surface area contributed by atoms with Crippen LogP contribution in [0.2, 0.25) is 15.1 Å². The van der Waals surface area contributed by atoms with E-state index in [1.165, 1.54) is 61.5 Å². The number of halogens is 7. The summed E-state index contributed by atoms with van der Waals surface area (Å²) in [6, 6.07) is 11.6. The topological polar surface area (TPSA) is 105 Å². The molecule has 3 aromatic carbocycles. The Bertz CT molecular complexity index is 1840. The van der Waals surface area contributed by atoms with Gasteiger partial charge in [-0.1, -0.05) is 46.9 Å². The smallest absolute Gasteiger partial charge is 0.353 e. The van der Waals surface area contributed by atoms with Crippen LogP contribution >= 0.6 is 34.8 Å². The first-order chi connectivity index (χ1) is 21.1. The Kier molecular flexibility index (Phi) is 9.11. The van der Waals surface area contributed by atoms with Crippen LogP contribution in [0.5, 0.6) is 0 Å². The SMILES string of the molecule is CCS(=O)(=O)c1ccc(N(CC(=O)Nc2cc(Cl)c(C3(c4noc(-c5ccc(F)c(Cl)c5)n4)CC3)c(Cl)c2)CC(F)(F)F)cc1. The molecule has 1 heterocycles. The molecule has 16 heteroatoms. The van der Waals surface area contributed by atoms with Crippen LogP contribution in [0.1, 0.15) is 31.2 Å². The van der Waals surface area contributed by atoms with Crippen molar-refractivity contribution in [3.05, 3.63) is 86.9 Å². The number of aromatic nitrogens is 2. The number of nitrogens with one attached hydrogen (secondary N) is 1. The Morgan fingerprint density at radius 2 is 1.67 bits per heavy atom. The summed E-state index contributed by atoms with van der Waals surface area (Å²) in [7, 11) is -3.57. The number of carbonyl (C=O) groups excluding carboxylic acids is 1. The Balaban J connectivity index is 1.34. The summed E-state index contributed by atoms with van der Waals surface area (Å²) >= 11 is 19.1. The van der Waals surface area contributed by atoms with Gasteiger partial charge in [-0.2, -0.15) is 18.2 Å². The van der Waals surface area contributed by atoms with Crippen molar-refractivity contribution in [1.29, 1.82) is 0 Å². The van der Waals surface area contributed by atoms with Gasteiger partial charge in [0, 0.05) is 32.5 Å². The third-order valence-corrected chi connectivity index (χ3v) is 9.86. The molecule has 0 spiro atoms. The van der Waals surface area contributed by atoms with E-state index in [1.54, 1.807) is 0 Å². The summed E-state index contributed by atoms with van der Waals surface area (Å²) in [6.07, 6.45) is -3.50. The van der Waals surface area contributed by atoms with E-state index in [4.69, 9.17) is 39.3 Å². The van der Waals surface area contributed by atoms with Crippen molar-refractivity contribution in [3.63, 3.8) is 0 Å². The second-order valence-corrected chi connectivity index (χ2v) is 13.9. The van der Waals surface area contributed by atoms with Gasteiger partial charge in [0.2, 0.25) is 5.91 Å². The average Bonchev–Trinajstić information content (AvgIpc) is 3.59. The Morgan fingerprint density at radius 3 is 2.22 bits per heavy atom. The van der Waals surface area contributed by atoms with Crippen LogP contribution < -0.4 is 10.2 Å². The average molecular weight is 706 g/mol. The summed E-state index contributed by atoms with van der Waals surface area (Å²) in [5.41, 5.74) is 0.243. The third-order valence-electron chi connectivity index (χ3n) is 7.22. The highest BCUT2D eigenvalue weighted by atomic mass is 35.5. The minimum Gasteiger partial charge on any atom is -0.353 e. The zero-order chi connectivity index (χ0) is 32.7. The van der Waals surface area contributed by atoms with Crippen molar-refractivity contribution in [3.8, 4) is 11.5 Å². The molecule has 4 aromatic rings. The lowest BCUT2D eigenvalue weighted by Crippen LogP contribution is -2.39. The number of anilines is 2. The molecule has 0 saturated heterocycles. The Labute approximate surface area is 270 Å². The summed E-state index contributed by atoms with van der Waals surface area (Å²) in [5, 5.41) is 6.81. The summed E-state index contributed by atoms with van der Waals surface area (Å²) in [5.74, 6) is -1.17. The maximum absolute atomic E-state index is 13.6. The summed E-state index contributed by atoms with van der Waals surface area (Å²) in [6.45, 7) is -0.716. The van der Waals surface area contributed by atoms with Crippen molar-refractivity contribution in [2.24, 2.45) is 0 Å². The summed E-state index contributed by atoms with van der Waals surface area (Å²) < 4.78 is 83.3. The summed E-state index contributed by atoms with van der Waals surface area (Å²) in [4.78, 5) is 18.1. The van der Waals surface area contributed by atoms with Gasteiger partial charge in [-0.3, -0.25) is 4.79 Å². The van der Waals surface area contributed by atoms with E-state index >= 15 is 0 Å². The fourth-order valence-corrected chi connectivity index (χ4v) is 6.75. The largest absolute Gasteiger partial charge is 0.405 e. The first kappa shape index (κ1) is 33.0. The zero-order valence-electron chi connectivity index (χ0n) is 23.3. The molecule has 0 radical (unpaired) electrons. The first-order valence-electron chi connectivity index (χ1n) is 13.4. The molecule has 0 atom stereocenters. The molecule has 0 unspecified atom stereocenters. The number of sulfone groups is 1. The minimum absolute atomic E-state index is 0.00186. The van der Waals surface area contributed by atoms with Gasteiger partial charge < -0.3 is 14.7 Å². The van der Waals surface area contributed by atoms with Crippen LogP contribution in [-0.4, -0.2) is 49.5 Å². The van der Waals surface area contributed by atoms with E-state index in [0.717, 1.165) is 4.90 Å². The molecule has 0 aliphatic heterocycles.